The van der Waals surface area contributed by atoms with E-state index in [4.69, 9.17) is 4.98 Å². The molecule has 2 aromatic carbocycles. The fraction of sp³-hybridized carbons (Fsp3) is 0.273. The molecule has 4 unspecified atom stereocenters. The van der Waals surface area contributed by atoms with Crippen molar-refractivity contribution in [2.45, 2.75) is 53.0 Å². The number of nitrogens with one attached hydrogen (secondary N) is 2. The number of nitrogens with zero attached hydrogens (tertiary/aromatic N) is 2. The minimum atomic E-state index is -0.142. The van der Waals surface area contributed by atoms with Crippen molar-refractivity contribution in [2.75, 3.05) is 6.67 Å². The van der Waals surface area contributed by atoms with Crippen LogP contribution in [-0.4, -0.2) is 18.0 Å². The van der Waals surface area contributed by atoms with Crippen LogP contribution in [-0.2, 0) is 5.41 Å². The first-order valence-corrected chi connectivity index (χ1v) is 15.5. The molecule has 6 heteroatoms. The van der Waals surface area contributed by atoms with E-state index in [-0.39, 0.29) is 11.6 Å². The van der Waals surface area contributed by atoms with Crippen LogP contribution in [0.15, 0.2) is 115 Å². The number of hydrogen-bond donors (Lipinski definition) is 2. The quantitative estimate of drug-likeness (QED) is 0.350. The van der Waals surface area contributed by atoms with Gasteiger partial charge in [0.05, 0.1) is 18.4 Å². The molecule has 2 aliphatic carbocycles. The minimum absolute atomic E-state index is 0.0783. The van der Waals surface area contributed by atoms with Gasteiger partial charge < -0.3 is 5.32 Å². The fourth-order valence-corrected chi connectivity index (χ4v) is 10.1. The maximum absolute atomic E-state index is 4.78. The number of pyridine rings is 1. The van der Waals surface area contributed by atoms with Gasteiger partial charge in [0.1, 0.15) is 6.17 Å². The van der Waals surface area contributed by atoms with Crippen LogP contribution in [0.2, 0.25) is 0 Å². The second kappa shape index (κ2) is 9.54. The van der Waals surface area contributed by atoms with Crippen molar-refractivity contribution in [1.29, 1.82) is 0 Å². The highest BCUT2D eigenvalue weighted by Gasteiger charge is 2.54. The summed E-state index contributed by atoms with van der Waals surface area (Å²) in [6.07, 6.45) is 15.3. The first-order valence-electron chi connectivity index (χ1n) is 13.9. The Morgan fingerprint density at radius 3 is 2.77 bits per heavy atom. The SMILES string of the molecule is C1=CCC2C(=C1)Sc1ccccc1C21C2=C(CC(c3ccccn3)CC2)Sc2cc(C3NC=NCN3)ccc21. The van der Waals surface area contributed by atoms with E-state index in [1.54, 1.807) is 10.5 Å². The third-order valence-corrected chi connectivity index (χ3v) is 11.4. The van der Waals surface area contributed by atoms with Gasteiger partial charge in [-0.25, -0.2) is 0 Å². The van der Waals surface area contributed by atoms with Gasteiger partial charge in [0.25, 0.3) is 0 Å². The molecule has 2 N–H and O–H groups in total. The number of fused-ring (bicyclic) bond motifs is 7. The zero-order valence-corrected chi connectivity index (χ0v) is 23.3. The number of allylic oxidation sites excluding steroid dienone is 6. The summed E-state index contributed by atoms with van der Waals surface area (Å²) in [6.45, 7) is 0.639. The maximum atomic E-state index is 4.78. The first kappa shape index (κ1) is 23.8. The molecule has 0 saturated carbocycles. The molecule has 39 heavy (non-hydrogen) atoms. The topological polar surface area (TPSA) is 49.3 Å². The molecule has 5 aliphatic rings. The van der Waals surface area contributed by atoms with Crippen LogP contribution in [0.4, 0.5) is 0 Å². The summed E-state index contributed by atoms with van der Waals surface area (Å²) >= 11 is 4.00. The Hall–Kier alpha value is -3.06. The summed E-state index contributed by atoms with van der Waals surface area (Å²) in [7, 11) is 0. The second-order valence-corrected chi connectivity index (χ2v) is 13.2. The summed E-state index contributed by atoms with van der Waals surface area (Å²) in [5.74, 6) is 0.883. The van der Waals surface area contributed by atoms with Gasteiger partial charge in [-0.2, -0.15) is 0 Å². The third kappa shape index (κ3) is 3.72. The molecule has 1 aromatic heterocycles. The summed E-state index contributed by atoms with van der Waals surface area (Å²) in [6, 6.07) is 22.8. The highest BCUT2D eigenvalue weighted by Crippen LogP contribution is 2.66. The lowest BCUT2D eigenvalue weighted by atomic mass is 9.57. The summed E-state index contributed by atoms with van der Waals surface area (Å²) in [4.78, 5) is 14.9. The van der Waals surface area contributed by atoms with Crippen molar-refractivity contribution in [3.05, 3.63) is 123 Å². The smallest absolute Gasteiger partial charge is 0.105 e. The largest absolute Gasteiger partial charge is 0.357 e. The van der Waals surface area contributed by atoms with E-state index in [9.17, 15) is 0 Å². The van der Waals surface area contributed by atoms with Gasteiger partial charge in [-0.05, 0) is 82.0 Å². The number of hydrogen-bond acceptors (Lipinski definition) is 6. The average Bonchev–Trinajstić information content (AvgIpc) is 3.01. The number of benzene rings is 2. The molecule has 194 valence electrons. The Morgan fingerprint density at radius 2 is 1.87 bits per heavy atom. The van der Waals surface area contributed by atoms with E-state index in [2.05, 4.69) is 88.5 Å². The van der Waals surface area contributed by atoms with E-state index in [1.807, 2.05) is 42.1 Å². The zero-order valence-electron chi connectivity index (χ0n) is 21.6. The highest BCUT2D eigenvalue weighted by molar-refractivity contribution is 8.03. The summed E-state index contributed by atoms with van der Waals surface area (Å²) < 4.78 is 0. The highest BCUT2D eigenvalue weighted by atomic mass is 32.2. The van der Waals surface area contributed by atoms with E-state index in [1.165, 1.54) is 37.1 Å². The van der Waals surface area contributed by atoms with Gasteiger partial charge in [0.15, 0.2) is 0 Å². The van der Waals surface area contributed by atoms with Crippen LogP contribution < -0.4 is 10.6 Å². The van der Waals surface area contributed by atoms with Crippen LogP contribution in [0.5, 0.6) is 0 Å². The van der Waals surface area contributed by atoms with Gasteiger partial charge >= 0.3 is 0 Å². The molecule has 0 bridgehead atoms. The van der Waals surface area contributed by atoms with Crippen LogP contribution in [0.3, 0.4) is 0 Å². The Kier molecular flexibility index (Phi) is 5.82. The molecule has 4 atom stereocenters. The Labute approximate surface area is 238 Å². The van der Waals surface area contributed by atoms with E-state index in [0.29, 0.717) is 18.5 Å². The second-order valence-electron chi connectivity index (χ2n) is 10.9. The molecular formula is C33H30N4S2. The van der Waals surface area contributed by atoms with Crippen LogP contribution in [0, 0.1) is 5.92 Å². The Balaban J connectivity index is 1.35. The molecule has 1 spiro atoms. The molecule has 0 amide bonds. The number of thioether (sulfide) groups is 2. The monoisotopic (exact) mass is 546 g/mol. The number of aromatic nitrogens is 1. The molecule has 3 aliphatic heterocycles. The lowest BCUT2D eigenvalue weighted by Gasteiger charge is -2.53. The molecule has 8 rings (SSSR count). The summed E-state index contributed by atoms with van der Waals surface area (Å²) in [5.41, 5.74) is 6.98. The van der Waals surface area contributed by atoms with E-state index in [0.717, 1.165) is 25.7 Å². The van der Waals surface area contributed by atoms with Gasteiger partial charge in [-0.1, -0.05) is 78.2 Å². The predicted molar refractivity (Wildman–Crippen MR) is 161 cm³/mol. The van der Waals surface area contributed by atoms with Crippen LogP contribution in [0.25, 0.3) is 0 Å². The standard InChI is InChI=1S/C33H30N4S2/c1-3-10-28-23(7-1)33(24-8-2-4-11-29(24)38-28)25-14-12-21(27-9-5-6-16-35-27)17-30(25)39-31-18-22(13-15-26(31)33)32-36-19-34-20-37-32/h1-7,9-11,13,15-16,18-19,21,24,32,37H,8,12,14,17,20H2,(H,34,36). The molecule has 3 aromatic rings. The van der Waals surface area contributed by atoms with Gasteiger partial charge in [-0.15, -0.1) is 0 Å². The van der Waals surface area contributed by atoms with Crippen molar-refractivity contribution in [3.8, 4) is 0 Å². The van der Waals surface area contributed by atoms with Crippen LogP contribution in [0.1, 0.15) is 60.2 Å². The predicted octanol–water partition coefficient (Wildman–Crippen LogP) is 7.44. The molecule has 0 saturated heterocycles. The Morgan fingerprint density at radius 1 is 0.949 bits per heavy atom. The normalized spacial score (nSPS) is 28.6. The number of rotatable bonds is 2. The van der Waals surface area contributed by atoms with Crippen molar-refractivity contribution >= 4 is 29.9 Å². The lowest BCUT2D eigenvalue weighted by Crippen LogP contribution is -2.45. The minimum Gasteiger partial charge on any atom is -0.357 e. The Bertz CT molecular complexity index is 1570. The van der Waals surface area contributed by atoms with Crippen molar-refractivity contribution in [2.24, 2.45) is 10.9 Å². The fourth-order valence-electron chi connectivity index (χ4n) is 7.32. The van der Waals surface area contributed by atoms with Crippen molar-refractivity contribution in [3.63, 3.8) is 0 Å². The summed E-state index contributed by atoms with van der Waals surface area (Å²) in [5, 5.41) is 6.90. The van der Waals surface area contributed by atoms with E-state index < -0.39 is 0 Å². The van der Waals surface area contributed by atoms with Gasteiger partial charge in [0, 0.05) is 33.5 Å². The molecule has 4 nitrogen and oxygen atoms in total. The molecule has 4 heterocycles. The third-order valence-electron chi connectivity index (χ3n) is 8.98. The van der Waals surface area contributed by atoms with Crippen molar-refractivity contribution < 1.29 is 0 Å². The molecular weight excluding hydrogens is 517 g/mol. The number of aliphatic imine (C=N–C) groups is 1. The first-order chi connectivity index (χ1) is 19.3. The average molecular weight is 547 g/mol. The van der Waals surface area contributed by atoms with Gasteiger partial charge in [-0.3, -0.25) is 15.3 Å². The molecule has 0 fully saturated rings. The van der Waals surface area contributed by atoms with Crippen LogP contribution >= 0.6 is 23.5 Å². The molecule has 0 radical (unpaired) electrons. The van der Waals surface area contributed by atoms with E-state index >= 15 is 0 Å². The zero-order chi connectivity index (χ0) is 25.8. The van der Waals surface area contributed by atoms with Crippen molar-refractivity contribution in [1.82, 2.24) is 15.6 Å². The lowest BCUT2D eigenvalue weighted by molar-refractivity contribution is 0.383. The van der Waals surface area contributed by atoms with Gasteiger partial charge in [0.2, 0.25) is 0 Å². The maximum Gasteiger partial charge on any atom is 0.105 e.